The first kappa shape index (κ1) is 14.2. The second-order valence-corrected chi connectivity index (χ2v) is 5.58. The molecule has 1 aliphatic rings. The van der Waals surface area contributed by atoms with Gasteiger partial charge in [-0.25, -0.2) is 4.98 Å². The predicted molar refractivity (Wildman–Crippen MR) is 88.0 cm³/mol. The minimum atomic E-state index is 0.485. The van der Waals surface area contributed by atoms with E-state index in [-0.39, 0.29) is 0 Å². The van der Waals surface area contributed by atoms with Gasteiger partial charge in [-0.2, -0.15) is 0 Å². The maximum Gasteiger partial charge on any atom is 0.128 e. The second kappa shape index (κ2) is 6.33. The monoisotopic (exact) mass is 302 g/mol. The molecular formula is C16H19ClN4. The molecule has 4 nitrogen and oxygen atoms in total. The Hall–Kier alpha value is -1.78. The number of halogens is 1. The van der Waals surface area contributed by atoms with E-state index in [0.29, 0.717) is 6.54 Å². The first-order valence-corrected chi connectivity index (χ1v) is 7.55. The van der Waals surface area contributed by atoms with Crippen LogP contribution in [0.15, 0.2) is 42.5 Å². The average molecular weight is 303 g/mol. The van der Waals surface area contributed by atoms with E-state index >= 15 is 0 Å². The lowest BCUT2D eigenvalue weighted by atomic mass is 10.2. The zero-order valence-corrected chi connectivity index (χ0v) is 12.6. The molecule has 110 valence electrons. The predicted octanol–water partition coefficient (Wildman–Crippen LogP) is 2.52. The van der Waals surface area contributed by atoms with Gasteiger partial charge in [-0.1, -0.05) is 17.7 Å². The molecule has 3 rings (SSSR count). The summed E-state index contributed by atoms with van der Waals surface area (Å²) in [7, 11) is 0. The molecule has 0 spiro atoms. The zero-order chi connectivity index (χ0) is 14.7. The van der Waals surface area contributed by atoms with Crippen LogP contribution in [0.2, 0.25) is 5.02 Å². The van der Waals surface area contributed by atoms with Gasteiger partial charge in [-0.05, 0) is 36.4 Å². The molecular weight excluding hydrogens is 284 g/mol. The molecule has 1 fully saturated rings. The van der Waals surface area contributed by atoms with Gasteiger partial charge in [-0.3, -0.25) is 0 Å². The van der Waals surface area contributed by atoms with Gasteiger partial charge in [0.1, 0.15) is 5.82 Å². The van der Waals surface area contributed by atoms with Crippen LogP contribution in [0.1, 0.15) is 5.69 Å². The third kappa shape index (κ3) is 3.28. The molecule has 0 atom stereocenters. The molecule has 0 radical (unpaired) electrons. The Morgan fingerprint density at radius 2 is 1.62 bits per heavy atom. The summed E-state index contributed by atoms with van der Waals surface area (Å²) in [6.45, 7) is 4.37. The van der Waals surface area contributed by atoms with E-state index in [9.17, 15) is 0 Å². The first-order valence-electron chi connectivity index (χ1n) is 7.18. The molecule has 1 saturated heterocycles. The summed E-state index contributed by atoms with van der Waals surface area (Å²) in [6, 6.07) is 14.1. The van der Waals surface area contributed by atoms with Gasteiger partial charge in [0.2, 0.25) is 0 Å². The average Bonchev–Trinajstić information content (AvgIpc) is 2.56. The molecule has 2 heterocycles. The third-order valence-electron chi connectivity index (χ3n) is 3.80. The molecule has 0 unspecified atom stereocenters. The summed E-state index contributed by atoms with van der Waals surface area (Å²) in [6.07, 6.45) is 0. The number of rotatable bonds is 3. The summed E-state index contributed by atoms with van der Waals surface area (Å²) in [4.78, 5) is 9.27. The van der Waals surface area contributed by atoms with Crippen molar-refractivity contribution in [1.82, 2.24) is 4.98 Å². The Morgan fingerprint density at radius 1 is 0.952 bits per heavy atom. The van der Waals surface area contributed by atoms with Crippen molar-refractivity contribution in [3.05, 3.63) is 53.2 Å². The first-order chi connectivity index (χ1) is 10.3. The van der Waals surface area contributed by atoms with Crippen LogP contribution in [0.3, 0.4) is 0 Å². The van der Waals surface area contributed by atoms with Crippen molar-refractivity contribution >= 4 is 23.1 Å². The van der Waals surface area contributed by atoms with E-state index in [0.717, 1.165) is 42.7 Å². The van der Waals surface area contributed by atoms with E-state index < -0.39 is 0 Å². The quantitative estimate of drug-likeness (QED) is 0.946. The normalized spacial score (nSPS) is 15.3. The molecule has 0 saturated carbocycles. The fourth-order valence-electron chi connectivity index (χ4n) is 2.60. The lowest BCUT2D eigenvalue weighted by Gasteiger charge is -2.36. The van der Waals surface area contributed by atoms with Crippen molar-refractivity contribution < 1.29 is 0 Å². The summed E-state index contributed by atoms with van der Waals surface area (Å²) >= 11 is 5.94. The van der Waals surface area contributed by atoms with Crippen LogP contribution in [0.4, 0.5) is 11.5 Å². The molecule has 2 aromatic rings. The van der Waals surface area contributed by atoms with Crippen molar-refractivity contribution in [2.75, 3.05) is 36.0 Å². The molecule has 1 aliphatic heterocycles. The maximum atomic E-state index is 5.94. The fraction of sp³-hybridized carbons (Fsp3) is 0.312. The van der Waals surface area contributed by atoms with Crippen molar-refractivity contribution in [3.63, 3.8) is 0 Å². The van der Waals surface area contributed by atoms with Crippen molar-refractivity contribution in [1.29, 1.82) is 0 Å². The van der Waals surface area contributed by atoms with Gasteiger partial charge in [0.15, 0.2) is 0 Å². The summed E-state index contributed by atoms with van der Waals surface area (Å²) in [5, 5.41) is 0.778. The van der Waals surface area contributed by atoms with E-state index in [1.165, 1.54) is 5.69 Å². The zero-order valence-electron chi connectivity index (χ0n) is 11.9. The fourth-order valence-corrected chi connectivity index (χ4v) is 2.73. The highest BCUT2D eigenvalue weighted by molar-refractivity contribution is 6.30. The molecule has 1 aromatic heterocycles. The van der Waals surface area contributed by atoms with Crippen LogP contribution in [0, 0.1) is 0 Å². The van der Waals surface area contributed by atoms with Crippen molar-refractivity contribution in [2.24, 2.45) is 5.73 Å². The number of pyridine rings is 1. The van der Waals surface area contributed by atoms with Crippen LogP contribution < -0.4 is 15.5 Å². The van der Waals surface area contributed by atoms with E-state index in [2.05, 4.69) is 33.0 Å². The second-order valence-electron chi connectivity index (χ2n) is 5.14. The van der Waals surface area contributed by atoms with Crippen LogP contribution in [-0.2, 0) is 6.54 Å². The maximum absolute atomic E-state index is 5.94. The summed E-state index contributed by atoms with van der Waals surface area (Å²) < 4.78 is 0. The van der Waals surface area contributed by atoms with Gasteiger partial charge >= 0.3 is 0 Å². The number of aromatic nitrogens is 1. The Morgan fingerprint density at radius 3 is 2.29 bits per heavy atom. The molecule has 21 heavy (non-hydrogen) atoms. The van der Waals surface area contributed by atoms with Gasteiger partial charge in [0.05, 0.1) is 5.69 Å². The Balaban J connectivity index is 1.65. The number of piperazine rings is 1. The smallest absolute Gasteiger partial charge is 0.128 e. The molecule has 1 aromatic carbocycles. The number of nitrogens with two attached hydrogens (primary N) is 1. The number of nitrogens with zero attached hydrogens (tertiary/aromatic N) is 3. The Bertz CT molecular complexity index is 591. The third-order valence-corrected chi connectivity index (χ3v) is 4.05. The molecule has 0 bridgehead atoms. The highest BCUT2D eigenvalue weighted by Gasteiger charge is 2.18. The van der Waals surface area contributed by atoms with Crippen LogP contribution in [-0.4, -0.2) is 31.2 Å². The Kier molecular flexibility index (Phi) is 4.27. The van der Waals surface area contributed by atoms with Gasteiger partial charge in [0.25, 0.3) is 0 Å². The highest BCUT2D eigenvalue weighted by Crippen LogP contribution is 2.21. The summed E-state index contributed by atoms with van der Waals surface area (Å²) in [5.74, 6) is 1.02. The lowest BCUT2D eigenvalue weighted by molar-refractivity contribution is 0.646. The van der Waals surface area contributed by atoms with Gasteiger partial charge in [-0.15, -0.1) is 0 Å². The number of benzene rings is 1. The molecule has 0 aliphatic carbocycles. The highest BCUT2D eigenvalue weighted by atomic mass is 35.5. The van der Waals surface area contributed by atoms with Gasteiger partial charge in [0, 0.05) is 43.4 Å². The van der Waals surface area contributed by atoms with E-state index in [4.69, 9.17) is 17.3 Å². The standard InChI is InChI=1S/C16H19ClN4/c17-13-4-6-15(7-5-13)20-8-10-21(11-9-20)16-3-1-2-14(12-18)19-16/h1-7H,8-12,18H2. The number of anilines is 2. The minimum absolute atomic E-state index is 0.485. The van der Waals surface area contributed by atoms with Crippen LogP contribution in [0.25, 0.3) is 0 Å². The van der Waals surface area contributed by atoms with Gasteiger partial charge < -0.3 is 15.5 Å². The van der Waals surface area contributed by atoms with Crippen molar-refractivity contribution in [3.8, 4) is 0 Å². The van der Waals surface area contributed by atoms with Crippen LogP contribution >= 0.6 is 11.6 Å². The largest absolute Gasteiger partial charge is 0.368 e. The number of hydrogen-bond acceptors (Lipinski definition) is 4. The molecule has 2 N–H and O–H groups in total. The minimum Gasteiger partial charge on any atom is -0.368 e. The van der Waals surface area contributed by atoms with E-state index in [1.54, 1.807) is 0 Å². The van der Waals surface area contributed by atoms with E-state index in [1.807, 2.05) is 24.3 Å². The summed E-state index contributed by atoms with van der Waals surface area (Å²) in [5.41, 5.74) is 7.82. The molecule has 0 amide bonds. The molecule has 5 heteroatoms. The Labute approximate surface area is 130 Å². The number of hydrogen-bond donors (Lipinski definition) is 1. The SMILES string of the molecule is NCc1cccc(N2CCN(c3ccc(Cl)cc3)CC2)n1. The topological polar surface area (TPSA) is 45.4 Å². The lowest BCUT2D eigenvalue weighted by Crippen LogP contribution is -2.46. The van der Waals surface area contributed by atoms with Crippen LogP contribution in [0.5, 0.6) is 0 Å². The van der Waals surface area contributed by atoms with Crippen molar-refractivity contribution in [2.45, 2.75) is 6.54 Å².